The first-order chi connectivity index (χ1) is 13.5. The molecule has 28 heavy (non-hydrogen) atoms. The molecule has 0 radical (unpaired) electrons. The van der Waals surface area contributed by atoms with Crippen LogP contribution in [0, 0.1) is 0 Å². The zero-order chi connectivity index (χ0) is 19.3. The molecule has 0 amide bonds. The van der Waals surface area contributed by atoms with Gasteiger partial charge in [-0.3, -0.25) is 9.99 Å². The van der Waals surface area contributed by atoms with Gasteiger partial charge in [0.05, 0.1) is 16.6 Å². The molecule has 5 rings (SSSR count). The first-order valence-electron chi connectivity index (χ1n) is 9.62. The molecule has 0 saturated heterocycles. The second kappa shape index (κ2) is 6.36. The summed E-state index contributed by atoms with van der Waals surface area (Å²) in [6, 6.07) is 5.79. The van der Waals surface area contributed by atoms with Crippen LogP contribution in [-0.4, -0.2) is 26.9 Å². The number of aromatic nitrogens is 3. The average Bonchev–Trinajstić information content (AvgIpc) is 3.06. The molecule has 0 aromatic carbocycles. The quantitative estimate of drug-likeness (QED) is 0.828. The van der Waals surface area contributed by atoms with Gasteiger partial charge in [-0.2, -0.15) is 0 Å². The number of hydrazine groups is 1. The van der Waals surface area contributed by atoms with Crippen LogP contribution in [0.25, 0.3) is 12.8 Å². The van der Waals surface area contributed by atoms with Crippen LogP contribution in [0.5, 0.6) is 0 Å². The molecule has 3 unspecified atom stereocenters. The molecule has 3 atom stereocenters. The summed E-state index contributed by atoms with van der Waals surface area (Å²) < 4.78 is 27.0. The van der Waals surface area contributed by atoms with Gasteiger partial charge < -0.3 is 5.43 Å². The van der Waals surface area contributed by atoms with Crippen LogP contribution in [0.4, 0.5) is 14.6 Å². The van der Waals surface area contributed by atoms with Gasteiger partial charge in [0, 0.05) is 36.3 Å². The van der Waals surface area contributed by atoms with E-state index in [2.05, 4.69) is 22.0 Å². The highest BCUT2D eigenvalue weighted by Gasteiger charge is 2.38. The molecule has 144 valence electrons. The van der Waals surface area contributed by atoms with Crippen LogP contribution in [0.1, 0.15) is 49.0 Å². The van der Waals surface area contributed by atoms with Crippen molar-refractivity contribution in [3.8, 4) is 0 Å². The lowest BCUT2D eigenvalue weighted by Crippen LogP contribution is -2.44. The van der Waals surface area contributed by atoms with Gasteiger partial charge in [0.25, 0.3) is 5.92 Å². The lowest BCUT2D eigenvalue weighted by Gasteiger charge is -2.36. The van der Waals surface area contributed by atoms with Gasteiger partial charge in [0.15, 0.2) is 5.82 Å². The van der Waals surface area contributed by atoms with E-state index in [1.165, 1.54) is 0 Å². The van der Waals surface area contributed by atoms with Crippen molar-refractivity contribution in [2.24, 2.45) is 0 Å². The van der Waals surface area contributed by atoms with Gasteiger partial charge >= 0.3 is 0 Å². The Labute approximate surface area is 161 Å². The Hall–Kier alpha value is -2.83. The molecule has 1 aliphatic heterocycles. The van der Waals surface area contributed by atoms with E-state index in [9.17, 15) is 8.78 Å². The number of hydrogen-bond acceptors (Lipinski definition) is 5. The number of hydrogen-bond donors (Lipinski definition) is 1. The summed E-state index contributed by atoms with van der Waals surface area (Å²) in [6.07, 6.45) is 8.43. The number of allylic oxidation sites excluding steroid dienone is 1. The third-order valence-electron chi connectivity index (χ3n) is 5.94. The van der Waals surface area contributed by atoms with Crippen molar-refractivity contribution in [2.45, 2.75) is 49.5 Å². The molecular weight excluding hydrogens is 360 g/mol. The Balaban J connectivity index is 1.47. The lowest BCUT2D eigenvalue weighted by atomic mass is 9.71. The zero-order valence-electron chi connectivity index (χ0n) is 15.4. The normalized spacial score (nSPS) is 27.5. The third kappa shape index (κ3) is 2.85. The smallest absolute Gasteiger partial charge is 0.266 e. The van der Waals surface area contributed by atoms with Gasteiger partial charge in [-0.05, 0) is 37.5 Å². The molecule has 1 fully saturated rings. The summed E-state index contributed by atoms with van der Waals surface area (Å²) in [4.78, 5) is 14.0. The first-order valence-corrected chi connectivity index (χ1v) is 9.62. The third-order valence-corrected chi connectivity index (χ3v) is 5.94. The van der Waals surface area contributed by atoms with Gasteiger partial charge in [-0.25, -0.2) is 18.7 Å². The van der Waals surface area contributed by atoms with Crippen molar-refractivity contribution in [2.75, 3.05) is 5.01 Å². The van der Waals surface area contributed by atoms with Crippen molar-refractivity contribution < 1.29 is 8.78 Å². The highest BCUT2D eigenvalue weighted by atomic mass is 19.3. The Kier molecular flexibility index (Phi) is 3.92. The monoisotopic (exact) mass is 381 g/mol. The molecule has 1 saturated carbocycles. The average molecular weight is 381 g/mol. The van der Waals surface area contributed by atoms with Crippen molar-refractivity contribution in [1.29, 1.82) is 0 Å². The lowest BCUT2D eigenvalue weighted by molar-refractivity contribution is 0.0365. The minimum absolute atomic E-state index is 0.165. The van der Waals surface area contributed by atoms with E-state index in [1.54, 1.807) is 12.3 Å². The maximum Gasteiger partial charge on any atom is 0.266 e. The SMILES string of the molecule is C=c1nc(C2CCC2c2ccccn2)nc2c1=CNN2C1C=CC(F)(F)CC1. The fraction of sp³-hybridized carbons (Fsp3) is 0.381. The number of nitrogens with one attached hydrogen (secondary N) is 1. The van der Waals surface area contributed by atoms with E-state index in [0.717, 1.165) is 41.5 Å². The largest absolute Gasteiger partial charge is 0.303 e. The van der Waals surface area contributed by atoms with Crippen LogP contribution in [-0.2, 0) is 0 Å². The molecule has 1 N–H and O–H groups in total. The maximum atomic E-state index is 13.5. The second-order valence-corrected chi connectivity index (χ2v) is 7.68. The number of rotatable bonds is 3. The number of pyridine rings is 1. The Morgan fingerprint density at radius 1 is 1.14 bits per heavy atom. The van der Waals surface area contributed by atoms with E-state index in [-0.39, 0.29) is 18.4 Å². The number of nitrogens with zero attached hydrogens (tertiary/aromatic N) is 4. The molecule has 5 nitrogen and oxygen atoms in total. The summed E-state index contributed by atoms with van der Waals surface area (Å²) in [5.74, 6) is -0.730. The summed E-state index contributed by atoms with van der Waals surface area (Å²) >= 11 is 0. The molecule has 3 heterocycles. The fourth-order valence-electron chi connectivity index (χ4n) is 4.21. The maximum absolute atomic E-state index is 13.5. The predicted molar refractivity (Wildman–Crippen MR) is 103 cm³/mol. The van der Waals surface area contributed by atoms with Crippen LogP contribution < -0.4 is 21.0 Å². The standard InChI is InChI=1S/C21H21F2N5/c1-13-17-12-25-28(14-7-9-21(22,23)10-8-14)20(17)27-19(26-13)16-6-5-15(16)18-4-2-3-11-24-18/h2-4,7,9,11-12,14-16,25H,1,5-6,8,10H2. The Morgan fingerprint density at radius 3 is 2.68 bits per heavy atom. The van der Waals surface area contributed by atoms with E-state index in [4.69, 9.17) is 4.98 Å². The van der Waals surface area contributed by atoms with E-state index in [0.29, 0.717) is 17.7 Å². The highest BCUT2D eigenvalue weighted by Crippen LogP contribution is 2.47. The van der Waals surface area contributed by atoms with E-state index < -0.39 is 5.92 Å². The van der Waals surface area contributed by atoms with Crippen LogP contribution in [0.15, 0.2) is 36.5 Å². The molecule has 0 spiro atoms. The van der Waals surface area contributed by atoms with Crippen LogP contribution >= 0.6 is 0 Å². The van der Waals surface area contributed by atoms with Crippen molar-refractivity contribution in [1.82, 2.24) is 20.4 Å². The molecule has 2 aromatic heterocycles. The predicted octanol–water partition coefficient (Wildman–Crippen LogP) is 2.36. The van der Waals surface area contributed by atoms with Gasteiger partial charge in [0.2, 0.25) is 0 Å². The molecule has 2 aliphatic carbocycles. The highest BCUT2D eigenvalue weighted by molar-refractivity contribution is 5.53. The number of halogens is 2. The summed E-state index contributed by atoms with van der Waals surface area (Å²) in [6.45, 7) is 4.09. The van der Waals surface area contributed by atoms with Crippen molar-refractivity contribution in [3.05, 3.63) is 58.6 Å². The minimum atomic E-state index is -2.72. The molecular formula is C21H21F2N5. The van der Waals surface area contributed by atoms with Gasteiger partial charge in [-0.15, -0.1) is 0 Å². The second-order valence-electron chi connectivity index (χ2n) is 7.68. The summed E-state index contributed by atoms with van der Waals surface area (Å²) in [7, 11) is 0. The van der Waals surface area contributed by atoms with Gasteiger partial charge in [0.1, 0.15) is 5.82 Å². The van der Waals surface area contributed by atoms with E-state index >= 15 is 0 Å². The molecule has 2 aromatic rings. The van der Waals surface area contributed by atoms with Crippen LogP contribution in [0.2, 0.25) is 0 Å². The fourth-order valence-corrected chi connectivity index (χ4v) is 4.21. The first kappa shape index (κ1) is 17.3. The zero-order valence-corrected chi connectivity index (χ0v) is 15.4. The summed E-state index contributed by atoms with van der Waals surface area (Å²) in [5.41, 5.74) is 4.22. The molecule has 0 bridgehead atoms. The topological polar surface area (TPSA) is 53.9 Å². The molecule has 7 heteroatoms. The number of alkyl halides is 2. The summed E-state index contributed by atoms with van der Waals surface area (Å²) in [5, 5.41) is 3.34. The number of anilines is 1. The van der Waals surface area contributed by atoms with Crippen molar-refractivity contribution in [3.63, 3.8) is 0 Å². The Morgan fingerprint density at radius 2 is 2.00 bits per heavy atom. The Bertz CT molecular complexity index is 1040. The van der Waals surface area contributed by atoms with Crippen LogP contribution in [0.3, 0.4) is 0 Å². The number of fused-ring (bicyclic) bond motifs is 1. The van der Waals surface area contributed by atoms with E-state index in [1.807, 2.05) is 29.4 Å². The molecule has 3 aliphatic rings. The van der Waals surface area contributed by atoms with Crippen molar-refractivity contribution >= 4 is 18.6 Å². The minimum Gasteiger partial charge on any atom is -0.303 e. The van der Waals surface area contributed by atoms with Gasteiger partial charge in [-0.1, -0.05) is 18.7 Å².